The van der Waals surface area contributed by atoms with Gasteiger partial charge >= 0.3 is 0 Å². The molecular formula is C11H11N3O3S. The van der Waals surface area contributed by atoms with Crippen LogP contribution in [0.25, 0.3) is 0 Å². The van der Waals surface area contributed by atoms with Gasteiger partial charge in [0.25, 0.3) is 5.69 Å². The second-order valence-electron chi connectivity index (χ2n) is 3.61. The van der Waals surface area contributed by atoms with Crippen LogP contribution in [0, 0.1) is 10.1 Å². The average Bonchev–Trinajstić information content (AvgIpc) is 2.71. The molecule has 6 nitrogen and oxygen atoms in total. The number of nitro groups is 1. The molecule has 1 N–H and O–H groups in total. The van der Waals surface area contributed by atoms with Gasteiger partial charge in [0.05, 0.1) is 23.4 Å². The summed E-state index contributed by atoms with van der Waals surface area (Å²) in [5.41, 5.74) is 0.750. The molecule has 1 aromatic heterocycles. The van der Waals surface area contributed by atoms with Crippen molar-refractivity contribution in [3.8, 4) is 0 Å². The average molecular weight is 265 g/mol. The Balaban J connectivity index is 2.25. The molecule has 0 unspecified atom stereocenters. The molecule has 0 aliphatic heterocycles. The van der Waals surface area contributed by atoms with E-state index >= 15 is 0 Å². The number of aliphatic hydroxyl groups is 1. The number of aromatic nitrogens is 2. The summed E-state index contributed by atoms with van der Waals surface area (Å²) in [5.74, 6) is 0. The zero-order valence-electron chi connectivity index (χ0n) is 9.61. The van der Waals surface area contributed by atoms with E-state index in [1.807, 2.05) is 0 Å². The first-order valence-electron chi connectivity index (χ1n) is 5.15. The van der Waals surface area contributed by atoms with Crippen molar-refractivity contribution in [2.45, 2.75) is 16.7 Å². The molecule has 2 aromatic rings. The van der Waals surface area contributed by atoms with Gasteiger partial charge in [-0.05, 0) is 6.07 Å². The number of aliphatic hydroxyl groups excluding tert-OH is 1. The quantitative estimate of drug-likeness (QED) is 0.675. The number of hydrogen-bond donors (Lipinski definition) is 1. The second kappa shape index (κ2) is 5.19. The summed E-state index contributed by atoms with van der Waals surface area (Å²) >= 11 is 1.32. The highest BCUT2D eigenvalue weighted by Crippen LogP contribution is 2.29. The van der Waals surface area contributed by atoms with Crippen molar-refractivity contribution in [3.05, 3.63) is 46.3 Å². The number of non-ortho nitro benzene ring substituents is 1. The third kappa shape index (κ3) is 2.52. The highest BCUT2D eigenvalue weighted by Gasteiger charge is 2.10. The van der Waals surface area contributed by atoms with Crippen molar-refractivity contribution in [2.75, 3.05) is 0 Å². The largest absolute Gasteiger partial charge is 0.390 e. The summed E-state index contributed by atoms with van der Waals surface area (Å²) in [5, 5.41) is 20.4. The Kier molecular flexibility index (Phi) is 3.63. The first-order chi connectivity index (χ1) is 8.61. The van der Waals surface area contributed by atoms with Gasteiger partial charge in [0.2, 0.25) is 0 Å². The van der Waals surface area contributed by atoms with Gasteiger partial charge in [-0.15, -0.1) is 0 Å². The van der Waals surface area contributed by atoms with Crippen LogP contribution in [0.15, 0.2) is 40.5 Å². The fourth-order valence-electron chi connectivity index (χ4n) is 1.43. The maximum Gasteiger partial charge on any atom is 0.270 e. The lowest BCUT2D eigenvalue weighted by atomic mass is 10.3. The van der Waals surface area contributed by atoms with Crippen molar-refractivity contribution in [3.63, 3.8) is 0 Å². The van der Waals surface area contributed by atoms with Crippen LogP contribution in [0.5, 0.6) is 0 Å². The van der Waals surface area contributed by atoms with Crippen LogP contribution in [0.4, 0.5) is 5.69 Å². The third-order valence-corrected chi connectivity index (χ3v) is 3.49. The van der Waals surface area contributed by atoms with Gasteiger partial charge in [-0.2, -0.15) is 0 Å². The Morgan fingerprint density at radius 1 is 1.56 bits per heavy atom. The molecule has 1 heterocycles. The lowest BCUT2D eigenvalue weighted by molar-refractivity contribution is -0.385. The minimum Gasteiger partial charge on any atom is -0.390 e. The van der Waals surface area contributed by atoms with E-state index in [0.717, 1.165) is 4.90 Å². The summed E-state index contributed by atoms with van der Waals surface area (Å²) in [6, 6.07) is 6.36. The zero-order chi connectivity index (χ0) is 13.1. The third-order valence-electron chi connectivity index (χ3n) is 2.44. The van der Waals surface area contributed by atoms with Gasteiger partial charge in [0.15, 0.2) is 5.16 Å². The van der Waals surface area contributed by atoms with Crippen molar-refractivity contribution < 1.29 is 10.0 Å². The highest BCUT2D eigenvalue weighted by atomic mass is 32.2. The number of imidazole rings is 1. The molecule has 0 amide bonds. The van der Waals surface area contributed by atoms with E-state index in [-0.39, 0.29) is 12.3 Å². The molecule has 0 saturated carbocycles. The fraction of sp³-hybridized carbons (Fsp3) is 0.182. The van der Waals surface area contributed by atoms with Gasteiger partial charge < -0.3 is 9.67 Å². The summed E-state index contributed by atoms with van der Waals surface area (Å²) < 4.78 is 1.75. The molecule has 0 radical (unpaired) electrons. The smallest absolute Gasteiger partial charge is 0.270 e. The number of hydrogen-bond acceptors (Lipinski definition) is 5. The minimum absolute atomic E-state index is 0.0524. The highest BCUT2D eigenvalue weighted by molar-refractivity contribution is 7.99. The first-order valence-corrected chi connectivity index (χ1v) is 5.97. The predicted molar refractivity (Wildman–Crippen MR) is 66.4 cm³/mol. The van der Waals surface area contributed by atoms with Gasteiger partial charge in [-0.25, -0.2) is 4.98 Å². The van der Waals surface area contributed by atoms with E-state index in [0.29, 0.717) is 10.9 Å². The van der Waals surface area contributed by atoms with Gasteiger partial charge in [0, 0.05) is 24.1 Å². The minimum atomic E-state index is -0.429. The Morgan fingerprint density at radius 3 is 2.94 bits per heavy atom. The molecule has 0 atom stereocenters. The molecule has 0 spiro atoms. The lowest BCUT2D eigenvalue weighted by Crippen LogP contribution is -1.97. The molecule has 0 bridgehead atoms. The topological polar surface area (TPSA) is 81.2 Å². The Morgan fingerprint density at radius 2 is 2.33 bits per heavy atom. The molecule has 94 valence electrons. The van der Waals surface area contributed by atoms with E-state index in [4.69, 9.17) is 5.11 Å². The second-order valence-corrected chi connectivity index (χ2v) is 4.65. The van der Waals surface area contributed by atoms with Crippen molar-refractivity contribution in [1.82, 2.24) is 9.55 Å². The maximum atomic E-state index is 10.7. The first kappa shape index (κ1) is 12.6. The van der Waals surface area contributed by atoms with E-state index in [2.05, 4.69) is 4.98 Å². The summed E-state index contributed by atoms with van der Waals surface area (Å²) in [6.07, 6.45) is 1.58. The lowest BCUT2D eigenvalue weighted by Gasteiger charge is -2.03. The molecule has 18 heavy (non-hydrogen) atoms. The van der Waals surface area contributed by atoms with Crippen LogP contribution >= 0.6 is 11.8 Å². The molecule has 0 aliphatic rings. The standard InChI is InChI=1S/C11H11N3O3S/c1-13-9(7-15)6-12-11(13)18-10-4-2-3-8(5-10)14(16)17/h2-6,15H,7H2,1H3. The number of nitrogens with zero attached hydrogens (tertiary/aromatic N) is 3. The molecule has 1 aromatic carbocycles. The Bertz CT molecular complexity index is 583. The normalized spacial score (nSPS) is 10.6. The van der Waals surface area contributed by atoms with Gasteiger partial charge in [0.1, 0.15) is 0 Å². The molecule has 0 saturated heterocycles. The van der Waals surface area contributed by atoms with Crippen molar-refractivity contribution >= 4 is 17.4 Å². The van der Waals surface area contributed by atoms with Crippen LogP contribution in [-0.4, -0.2) is 19.6 Å². The summed E-state index contributed by atoms with van der Waals surface area (Å²) in [4.78, 5) is 15.1. The number of rotatable bonds is 4. The van der Waals surface area contributed by atoms with Gasteiger partial charge in [-0.1, -0.05) is 17.8 Å². The number of nitro benzene ring substituents is 1. The van der Waals surface area contributed by atoms with Crippen molar-refractivity contribution in [1.29, 1.82) is 0 Å². The maximum absolute atomic E-state index is 10.7. The van der Waals surface area contributed by atoms with Crippen molar-refractivity contribution in [2.24, 2.45) is 7.05 Å². The molecular weight excluding hydrogens is 254 g/mol. The molecule has 0 fully saturated rings. The van der Waals surface area contributed by atoms with Crippen LogP contribution < -0.4 is 0 Å². The summed E-state index contributed by atoms with van der Waals surface area (Å²) in [6.45, 7) is -0.0843. The van der Waals surface area contributed by atoms with E-state index in [1.54, 1.807) is 29.9 Å². The zero-order valence-corrected chi connectivity index (χ0v) is 10.4. The molecule has 2 rings (SSSR count). The number of benzene rings is 1. The fourth-order valence-corrected chi connectivity index (χ4v) is 2.33. The van der Waals surface area contributed by atoms with Crippen LogP contribution in [-0.2, 0) is 13.7 Å². The summed E-state index contributed by atoms with van der Waals surface area (Å²) in [7, 11) is 1.79. The van der Waals surface area contributed by atoms with Crippen LogP contribution in [0.1, 0.15) is 5.69 Å². The van der Waals surface area contributed by atoms with Crippen LogP contribution in [0.2, 0.25) is 0 Å². The van der Waals surface area contributed by atoms with E-state index in [1.165, 1.54) is 23.9 Å². The Labute approximate surface area is 107 Å². The molecule has 7 heteroatoms. The SMILES string of the molecule is Cn1c(CO)cnc1Sc1cccc([N+](=O)[O-])c1. The molecule has 0 aliphatic carbocycles. The van der Waals surface area contributed by atoms with Gasteiger partial charge in [-0.3, -0.25) is 10.1 Å². The van der Waals surface area contributed by atoms with Crippen LogP contribution in [0.3, 0.4) is 0 Å². The van der Waals surface area contributed by atoms with E-state index < -0.39 is 4.92 Å². The monoisotopic (exact) mass is 265 g/mol. The van der Waals surface area contributed by atoms with E-state index in [9.17, 15) is 10.1 Å². The Hall–Kier alpha value is -1.86. The predicted octanol–water partition coefficient (Wildman–Crippen LogP) is 1.97.